The molecule has 0 amide bonds. The summed E-state index contributed by atoms with van der Waals surface area (Å²) in [4.78, 5) is 0. The fraction of sp³-hybridized carbons (Fsp3) is 0.545. The van der Waals surface area contributed by atoms with Gasteiger partial charge in [0, 0.05) is 18.0 Å². The smallest absolute Gasteiger partial charge is 0.0677 e. The molecule has 2 nitrogen and oxygen atoms in total. The Hall–Kier alpha value is -1.23. The molecule has 0 N–H and O–H groups in total. The second-order valence-electron chi connectivity index (χ2n) is 4.17. The Balaban J connectivity index is 2.71. The van der Waals surface area contributed by atoms with Gasteiger partial charge in [-0.2, -0.15) is 5.10 Å². The average Bonchev–Trinajstić information content (AvgIpc) is 2.47. The number of hydrogen-bond acceptors (Lipinski definition) is 1. The van der Waals surface area contributed by atoms with E-state index in [1.54, 1.807) is 0 Å². The van der Waals surface area contributed by atoms with Crippen molar-refractivity contribution in [3.63, 3.8) is 0 Å². The van der Waals surface area contributed by atoms with Gasteiger partial charge in [-0.15, -0.1) is 12.3 Å². The topological polar surface area (TPSA) is 17.8 Å². The minimum absolute atomic E-state index is 0.126. The zero-order chi connectivity index (χ0) is 9.90. The van der Waals surface area contributed by atoms with E-state index in [-0.39, 0.29) is 5.41 Å². The van der Waals surface area contributed by atoms with Gasteiger partial charge in [-0.1, -0.05) is 20.8 Å². The maximum Gasteiger partial charge on any atom is 0.0677 e. The maximum absolute atomic E-state index is 5.18. The van der Waals surface area contributed by atoms with Crippen LogP contribution in [0.25, 0.3) is 0 Å². The lowest BCUT2D eigenvalue weighted by Gasteiger charge is -2.14. The average molecular weight is 176 g/mol. The first-order valence-electron chi connectivity index (χ1n) is 4.51. The van der Waals surface area contributed by atoms with Crippen LogP contribution in [0, 0.1) is 12.3 Å². The van der Waals surface area contributed by atoms with Gasteiger partial charge in [0.2, 0.25) is 0 Å². The van der Waals surface area contributed by atoms with Crippen molar-refractivity contribution in [3.8, 4) is 12.3 Å². The first kappa shape index (κ1) is 9.85. The van der Waals surface area contributed by atoms with Crippen molar-refractivity contribution in [1.82, 2.24) is 9.78 Å². The summed E-state index contributed by atoms with van der Waals surface area (Å²) in [5.41, 5.74) is 1.24. The van der Waals surface area contributed by atoms with Crippen molar-refractivity contribution in [2.75, 3.05) is 0 Å². The minimum Gasteiger partial charge on any atom is -0.272 e. The molecule has 1 aromatic heterocycles. The number of hydrogen-bond donors (Lipinski definition) is 0. The van der Waals surface area contributed by atoms with Crippen LogP contribution in [-0.4, -0.2) is 9.78 Å². The Morgan fingerprint density at radius 3 is 2.69 bits per heavy atom. The molecule has 1 aromatic rings. The van der Waals surface area contributed by atoms with Crippen molar-refractivity contribution in [2.24, 2.45) is 0 Å². The molecule has 1 heterocycles. The van der Waals surface area contributed by atoms with Crippen LogP contribution in [0.1, 0.15) is 32.9 Å². The molecule has 0 aliphatic heterocycles. The Morgan fingerprint density at radius 1 is 1.54 bits per heavy atom. The second-order valence-corrected chi connectivity index (χ2v) is 4.17. The van der Waals surface area contributed by atoms with Crippen molar-refractivity contribution in [2.45, 2.75) is 39.2 Å². The van der Waals surface area contributed by atoms with E-state index >= 15 is 0 Å². The Kier molecular flexibility index (Phi) is 2.77. The molecule has 0 atom stereocenters. The Bertz CT molecular complexity index is 310. The summed E-state index contributed by atoms with van der Waals surface area (Å²) in [7, 11) is 0. The van der Waals surface area contributed by atoms with E-state index in [4.69, 9.17) is 6.42 Å². The molecule has 0 saturated heterocycles. The van der Waals surface area contributed by atoms with Gasteiger partial charge in [0.15, 0.2) is 0 Å². The molecule has 1 rings (SSSR count). The summed E-state index contributed by atoms with van der Waals surface area (Å²) in [6.45, 7) is 7.27. The molecule has 0 radical (unpaired) electrons. The van der Waals surface area contributed by atoms with Crippen LogP contribution in [0.15, 0.2) is 12.3 Å². The highest BCUT2D eigenvalue weighted by Crippen LogP contribution is 2.19. The summed E-state index contributed by atoms with van der Waals surface area (Å²) in [5.74, 6) is 2.60. The maximum atomic E-state index is 5.18. The molecule has 0 spiro atoms. The second kappa shape index (κ2) is 3.66. The molecule has 70 valence electrons. The third kappa shape index (κ3) is 2.62. The lowest BCUT2D eigenvalue weighted by Crippen LogP contribution is -2.12. The van der Waals surface area contributed by atoms with Crippen LogP contribution < -0.4 is 0 Å². The molecular formula is C11H16N2. The van der Waals surface area contributed by atoms with Gasteiger partial charge in [-0.3, -0.25) is 4.68 Å². The molecule has 0 aliphatic carbocycles. The summed E-state index contributed by atoms with van der Waals surface area (Å²) < 4.78 is 1.90. The highest BCUT2D eigenvalue weighted by atomic mass is 15.3. The standard InChI is InChI=1S/C11H16N2/c1-5-6-8-13-9-7-10(12-13)11(2,3)4/h1,7,9H,6,8H2,2-4H3. The molecular weight excluding hydrogens is 160 g/mol. The van der Waals surface area contributed by atoms with E-state index in [0.717, 1.165) is 18.7 Å². The summed E-state index contributed by atoms with van der Waals surface area (Å²) in [6.07, 6.45) is 7.90. The number of aromatic nitrogens is 2. The lowest BCUT2D eigenvalue weighted by molar-refractivity contribution is 0.535. The minimum atomic E-state index is 0.126. The fourth-order valence-electron chi connectivity index (χ4n) is 1.07. The number of nitrogens with zero attached hydrogens (tertiary/aromatic N) is 2. The molecule has 0 saturated carbocycles. The number of rotatable bonds is 2. The molecule has 2 heteroatoms. The monoisotopic (exact) mass is 176 g/mol. The summed E-state index contributed by atoms with van der Waals surface area (Å²) in [6, 6.07) is 2.05. The van der Waals surface area contributed by atoms with Crippen LogP contribution in [0.2, 0.25) is 0 Å². The first-order valence-corrected chi connectivity index (χ1v) is 4.51. The molecule has 0 aliphatic rings. The van der Waals surface area contributed by atoms with Crippen molar-refractivity contribution < 1.29 is 0 Å². The van der Waals surface area contributed by atoms with Crippen LogP contribution in [0.5, 0.6) is 0 Å². The highest BCUT2D eigenvalue weighted by molar-refractivity contribution is 5.10. The zero-order valence-electron chi connectivity index (χ0n) is 8.54. The molecule has 13 heavy (non-hydrogen) atoms. The molecule has 0 aromatic carbocycles. The molecule has 0 bridgehead atoms. The quantitative estimate of drug-likeness (QED) is 0.632. The van der Waals surface area contributed by atoms with Gasteiger partial charge in [0.1, 0.15) is 0 Å². The van der Waals surface area contributed by atoms with Crippen molar-refractivity contribution in [3.05, 3.63) is 18.0 Å². The Morgan fingerprint density at radius 2 is 2.23 bits per heavy atom. The van der Waals surface area contributed by atoms with E-state index in [1.807, 2.05) is 10.9 Å². The SMILES string of the molecule is C#CCCn1ccc(C(C)(C)C)n1. The van der Waals surface area contributed by atoms with E-state index in [9.17, 15) is 0 Å². The molecule has 0 fully saturated rings. The third-order valence-electron chi connectivity index (χ3n) is 1.89. The zero-order valence-corrected chi connectivity index (χ0v) is 8.54. The van der Waals surface area contributed by atoms with Gasteiger partial charge >= 0.3 is 0 Å². The predicted octanol–water partition coefficient (Wildman–Crippen LogP) is 2.20. The van der Waals surface area contributed by atoms with Gasteiger partial charge in [0.05, 0.1) is 12.2 Å². The van der Waals surface area contributed by atoms with Crippen molar-refractivity contribution in [1.29, 1.82) is 0 Å². The van der Waals surface area contributed by atoms with E-state index < -0.39 is 0 Å². The van der Waals surface area contributed by atoms with Gasteiger partial charge in [-0.05, 0) is 6.07 Å². The first-order chi connectivity index (χ1) is 6.04. The normalized spacial score (nSPS) is 11.2. The van der Waals surface area contributed by atoms with Crippen LogP contribution in [-0.2, 0) is 12.0 Å². The van der Waals surface area contributed by atoms with Gasteiger partial charge < -0.3 is 0 Å². The van der Waals surface area contributed by atoms with Crippen LogP contribution >= 0.6 is 0 Å². The highest BCUT2D eigenvalue weighted by Gasteiger charge is 2.16. The largest absolute Gasteiger partial charge is 0.272 e. The predicted molar refractivity (Wildman–Crippen MR) is 54.4 cm³/mol. The van der Waals surface area contributed by atoms with Crippen LogP contribution in [0.3, 0.4) is 0 Å². The van der Waals surface area contributed by atoms with E-state index in [1.165, 1.54) is 0 Å². The van der Waals surface area contributed by atoms with E-state index in [0.29, 0.717) is 0 Å². The van der Waals surface area contributed by atoms with Crippen LogP contribution in [0.4, 0.5) is 0 Å². The molecule has 0 unspecified atom stereocenters. The summed E-state index contributed by atoms with van der Waals surface area (Å²) in [5, 5.41) is 4.44. The third-order valence-corrected chi connectivity index (χ3v) is 1.89. The van der Waals surface area contributed by atoms with Crippen molar-refractivity contribution >= 4 is 0 Å². The number of terminal acetylenes is 1. The van der Waals surface area contributed by atoms with Gasteiger partial charge in [0.25, 0.3) is 0 Å². The summed E-state index contributed by atoms with van der Waals surface area (Å²) >= 11 is 0. The lowest BCUT2D eigenvalue weighted by atomic mass is 9.93. The fourth-order valence-corrected chi connectivity index (χ4v) is 1.07. The van der Waals surface area contributed by atoms with E-state index in [2.05, 4.69) is 37.9 Å². The number of aryl methyl sites for hydroxylation is 1. The Labute approximate surface area is 80.0 Å². The van der Waals surface area contributed by atoms with Gasteiger partial charge in [-0.25, -0.2) is 0 Å².